The summed E-state index contributed by atoms with van der Waals surface area (Å²) in [6.45, 7) is 4.59. The van der Waals surface area contributed by atoms with Gasteiger partial charge in [0.25, 0.3) is 17.7 Å². The van der Waals surface area contributed by atoms with Gasteiger partial charge in [-0.2, -0.15) is 5.26 Å². The molecule has 4 fully saturated rings. The predicted octanol–water partition coefficient (Wildman–Crippen LogP) is 4.94. The molecule has 2 N–H and O–H groups in total. The molecule has 1 aliphatic carbocycles. The highest BCUT2D eigenvalue weighted by atomic mass is 19.1. The summed E-state index contributed by atoms with van der Waals surface area (Å²) in [5.41, 5.74) is 2.07. The number of nitrogens with one attached hydrogen (secondary N) is 2. The van der Waals surface area contributed by atoms with Crippen LogP contribution in [-0.4, -0.2) is 108 Å². The van der Waals surface area contributed by atoms with E-state index in [4.69, 9.17) is 4.74 Å². The standard InChI is InChI=1S/C46H46F2N8O6/c47-35-22-28(43(58)51-30-5-7-31(8-6-30)62-40-11-4-29(25-49)42-32(40)2-1-15-50-42)3-9-37(35)54-16-13-27(14-17-54)26-53-18-20-55(21-19-53)39-24-34-33(23-36(39)48)45(60)56(46(34)61)38-10-12-41(57)52-44(38)59/h1-4,9,11,15,22-24,27,30-31,38H,5-8,10,12-14,16-21,26H2,(H,51,58)(H,52,57,59). The van der Waals surface area contributed by atoms with E-state index >= 15 is 8.78 Å². The van der Waals surface area contributed by atoms with Gasteiger partial charge in [0.15, 0.2) is 0 Å². The molecule has 3 aromatic carbocycles. The number of hydrogen-bond donors (Lipinski definition) is 2. The Balaban J connectivity index is 0.723. The second-order valence-corrected chi connectivity index (χ2v) is 16.9. The van der Waals surface area contributed by atoms with Crippen molar-refractivity contribution in [1.29, 1.82) is 5.26 Å². The molecule has 14 nitrogen and oxygen atoms in total. The predicted molar refractivity (Wildman–Crippen MR) is 224 cm³/mol. The van der Waals surface area contributed by atoms with Gasteiger partial charge in [-0.3, -0.25) is 44.1 Å². The number of halogens is 2. The van der Waals surface area contributed by atoms with Gasteiger partial charge in [0.1, 0.15) is 29.5 Å². The molecule has 0 radical (unpaired) electrons. The Hall–Kier alpha value is -6.47. The van der Waals surface area contributed by atoms with Crippen molar-refractivity contribution >= 4 is 51.8 Å². The summed E-state index contributed by atoms with van der Waals surface area (Å²) in [5.74, 6) is -2.85. The number of carbonyl (C=O) groups excluding carboxylic acids is 5. The Labute approximate surface area is 356 Å². The molecular formula is C46H46F2N8O6. The first-order valence-electron chi connectivity index (χ1n) is 21.4. The van der Waals surface area contributed by atoms with Crippen LogP contribution in [0.2, 0.25) is 0 Å². The van der Waals surface area contributed by atoms with Crippen LogP contribution in [-0.2, 0) is 9.59 Å². The number of fused-ring (bicyclic) bond motifs is 2. The number of piperazine rings is 1. The van der Waals surface area contributed by atoms with Crippen molar-refractivity contribution in [3.8, 4) is 11.8 Å². The van der Waals surface area contributed by atoms with Crippen molar-refractivity contribution < 1.29 is 37.5 Å². The second kappa shape index (κ2) is 17.1. The minimum atomic E-state index is -1.12. The smallest absolute Gasteiger partial charge is 0.262 e. The van der Waals surface area contributed by atoms with Crippen molar-refractivity contribution in [3.63, 3.8) is 0 Å². The molecule has 3 saturated heterocycles. The van der Waals surface area contributed by atoms with Gasteiger partial charge in [-0.15, -0.1) is 0 Å². The number of amides is 5. The number of aromatic nitrogens is 1. The van der Waals surface area contributed by atoms with Gasteiger partial charge in [0.2, 0.25) is 11.8 Å². The lowest BCUT2D eigenvalue weighted by Gasteiger charge is -2.40. The number of ether oxygens (including phenoxy) is 1. The molecule has 9 rings (SSSR count). The van der Waals surface area contributed by atoms with Gasteiger partial charge in [0, 0.05) is 75.4 Å². The van der Waals surface area contributed by atoms with Crippen LogP contribution in [0.5, 0.6) is 5.75 Å². The molecule has 5 amide bonds. The minimum absolute atomic E-state index is 0.00273. The Morgan fingerprint density at radius 3 is 2.24 bits per heavy atom. The first kappa shape index (κ1) is 40.9. The van der Waals surface area contributed by atoms with E-state index in [0.717, 1.165) is 61.4 Å². The van der Waals surface area contributed by atoms with E-state index < -0.39 is 41.3 Å². The molecule has 5 aliphatic rings. The van der Waals surface area contributed by atoms with Crippen LogP contribution in [0, 0.1) is 28.9 Å². The van der Waals surface area contributed by atoms with Crippen LogP contribution in [0.15, 0.2) is 60.8 Å². The molecule has 4 aliphatic heterocycles. The summed E-state index contributed by atoms with van der Waals surface area (Å²) < 4.78 is 37.3. The van der Waals surface area contributed by atoms with Crippen LogP contribution in [0.1, 0.15) is 88.0 Å². The average molecular weight is 845 g/mol. The van der Waals surface area contributed by atoms with Crippen LogP contribution in [0.3, 0.4) is 0 Å². The normalized spacial score (nSPS) is 22.4. The summed E-state index contributed by atoms with van der Waals surface area (Å²) >= 11 is 0. The Morgan fingerprint density at radius 1 is 0.823 bits per heavy atom. The SMILES string of the molecule is N#Cc1ccc(OC2CCC(NC(=O)c3ccc(N4CCC(CN5CCN(c6cc7c(cc6F)C(=O)N(C6CCC(=O)NC6=O)C7=O)CC5)CC4)c(F)c3)CC2)c2cccnc12. The summed E-state index contributed by atoms with van der Waals surface area (Å²) in [7, 11) is 0. The number of nitrogens with zero attached hydrogens (tertiary/aromatic N) is 6. The highest BCUT2D eigenvalue weighted by molar-refractivity contribution is 6.23. The molecule has 1 saturated carbocycles. The molecule has 4 aromatic rings. The van der Waals surface area contributed by atoms with Crippen LogP contribution >= 0.6 is 0 Å². The largest absolute Gasteiger partial charge is 0.490 e. The van der Waals surface area contributed by atoms with E-state index in [1.165, 1.54) is 12.1 Å². The number of hydrogen-bond acceptors (Lipinski definition) is 11. The van der Waals surface area contributed by atoms with Crippen molar-refractivity contribution in [1.82, 2.24) is 25.4 Å². The molecule has 0 bridgehead atoms. The highest BCUT2D eigenvalue weighted by Crippen LogP contribution is 2.35. The zero-order chi connectivity index (χ0) is 43.1. The Bertz CT molecular complexity index is 2500. The molecule has 16 heteroatoms. The fraction of sp³-hybridized carbons (Fsp3) is 0.413. The lowest BCUT2D eigenvalue weighted by Crippen LogP contribution is -2.54. The van der Waals surface area contributed by atoms with E-state index in [9.17, 15) is 29.2 Å². The molecule has 1 atom stereocenters. The maximum Gasteiger partial charge on any atom is 0.262 e. The van der Waals surface area contributed by atoms with Crippen molar-refractivity contribution in [2.45, 2.75) is 69.6 Å². The Kier molecular flexibility index (Phi) is 11.3. The minimum Gasteiger partial charge on any atom is -0.490 e. The van der Waals surface area contributed by atoms with E-state index in [1.54, 1.807) is 24.4 Å². The van der Waals surface area contributed by atoms with Crippen LogP contribution in [0.4, 0.5) is 20.2 Å². The quantitative estimate of drug-likeness (QED) is 0.219. The third-order valence-electron chi connectivity index (χ3n) is 13.1. The van der Waals surface area contributed by atoms with Gasteiger partial charge in [-0.1, -0.05) is 0 Å². The third kappa shape index (κ3) is 8.04. The van der Waals surface area contributed by atoms with Crippen LogP contribution in [0.25, 0.3) is 10.9 Å². The second-order valence-electron chi connectivity index (χ2n) is 16.9. The summed E-state index contributed by atoms with van der Waals surface area (Å²) in [5, 5.41) is 15.5. The molecule has 62 heavy (non-hydrogen) atoms. The number of nitriles is 1. The molecular weight excluding hydrogens is 799 g/mol. The monoisotopic (exact) mass is 844 g/mol. The average Bonchev–Trinajstić information content (AvgIpc) is 3.51. The molecule has 5 heterocycles. The summed E-state index contributed by atoms with van der Waals surface area (Å²) in [6.07, 6.45) is 6.31. The number of benzene rings is 3. The molecule has 1 aromatic heterocycles. The third-order valence-corrected chi connectivity index (χ3v) is 13.1. The van der Waals surface area contributed by atoms with E-state index in [0.29, 0.717) is 67.7 Å². The molecule has 0 spiro atoms. The summed E-state index contributed by atoms with van der Waals surface area (Å²) in [4.78, 5) is 75.1. The topological polar surface area (TPSA) is 168 Å². The van der Waals surface area contributed by atoms with E-state index in [1.807, 2.05) is 28.0 Å². The van der Waals surface area contributed by atoms with Crippen molar-refractivity contribution in [3.05, 3.63) is 94.7 Å². The number of piperidine rings is 2. The van der Waals surface area contributed by atoms with E-state index in [-0.39, 0.29) is 53.3 Å². The van der Waals surface area contributed by atoms with Gasteiger partial charge in [0.05, 0.1) is 39.7 Å². The number of pyridine rings is 1. The van der Waals surface area contributed by atoms with Crippen LogP contribution < -0.4 is 25.2 Å². The fourth-order valence-electron chi connectivity index (χ4n) is 9.63. The molecule has 320 valence electrons. The highest BCUT2D eigenvalue weighted by Gasteiger charge is 2.45. The Morgan fingerprint density at radius 2 is 1.53 bits per heavy atom. The number of carbonyl (C=O) groups is 5. The van der Waals surface area contributed by atoms with Gasteiger partial charge >= 0.3 is 0 Å². The van der Waals surface area contributed by atoms with Gasteiger partial charge in [-0.25, -0.2) is 8.78 Å². The number of rotatable bonds is 9. The lowest BCUT2D eigenvalue weighted by atomic mass is 9.92. The molecule has 1 unspecified atom stereocenters. The fourth-order valence-corrected chi connectivity index (χ4v) is 9.63. The zero-order valence-electron chi connectivity index (χ0n) is 34.1. The summed E-state index contributed by atoms with van der Waals surface area (Å²) in [6, 6.07) is 15.4. The first-order chi connectivity index (χ1) is 30.0. The number of anilines is 2. The maximum absolute atomic E-state index is 15.5. The van der Waals surface area contributed by atoms with Crippen molar-refractivity contribution in [2.75, 3.05) is 55.6 Å². The maximum atomic E-state index is 15.5. The van der Waals surface area contributed by atoms with Crippen molar-refractivity contribution in [2.24, 2.45) is 5.92 Å². The van der Waals surface area contributed by atoms with Gasteiger partial charge in [-0.05, 0) is 105 Å². The zero-order valence-corrected chi connectivity index (χ0v) is 34.1. The van der Waals surface area contributed by atoms with Gasteiger partial charge < -0.3 is 19.9 Å². The first-order valence-corrected chi connectivity index (χ1v) is 21.4. The lowest BCUT2D eigenvalue weighted by molar-refractivity contribution is -0.136. The number of imide groups is 2. The van der Waals surface area contributed by atoms with E-state index in [2.05, 4.69) is 26.6 Å².